The van der Waals surface area contributed by atoms with Gasteiger partial charge in [0.15, 0.2) is 11.4 Å². The van der Waals surface area contributed by atoms with E-state index in [1.807, 2.05) is 0 Å². The van der Waals surface area contributed by atoms with Gasteiger partial charge in [0.1, 0.15) is 30.3 Å². The number of carbonyl (C=O) groups excluding carboxylic acids is 5. The van der Waals surface area contributed by atoms with Gasteiger partial charge in [0.25, 0.3) is 11.8 Å². The summed E-state index contributed by atoms with van der Waals surface area (Å²) in [4.78, 5) is 83.7. The highest BCUT2D eigenvalue weighted by molar-refractivity contribution is 6.31. The summed E-state index contributed by atoms with van der Waals surface area (Å²) < 4.78 is 32.8. The Morgan fingerprint density at radius 3 is 1.42 bits per heavy atom. The first kappa shape index (κ1) is 54.6. The lowest BCUT2D eigenvalue weighted by Crippen LogP contribution is -2.49. The molecule has 0 saturated carbocycles. The molecular weight excluding hydrogens is 989 g/mol. The Bertz CT molecular complexity index is 2830. The number of methoxy groups -OCH3 is 1. The van der Waals surface area contributed by atoms with Gasteiger partial charge in [-0.25, -0.2) is 23.2 Å². The summed E-state index contributed by atoms with van der Waals surface area (Å²) in [7, 11) is 1.12. The van der Waals surface area contributed by atoms with E-state index in [1.165, 1.54) is 48.8 Å². The first-order valence-corrected chi connectivity index (χ1v) is 22.2. The fraction of sp³-hybridized carbons (Fsp3) is 0.239. The van der Waals surface area contributed by atoms with Crippen LogP contribution < -0.4 is 32.3 Å². The number of aromatic amines is 2. The molecule has 22 nitrogen and oxygen atoms in total. The number of nitrogens with one attached hydrogen (secondary N) is 7. The van der Waals surface area contributed by atoms with E-state index in [9.17, 15) is 52.6 Å². The second kappa shape index (κ2) is 26.6. The molecule has 4 aromatic carbocycles. The number of halogens is 4. The Morgan fingerprint density at radius 2 is 1.06 bits per heavy atom. The molecule has 0 bridgehead atoms. The summed E-state index contributed by atoms with van der Waals surface area (Å²) in [6.45, 7) is -0.880. The second-order valence-electron chi connectivity index (χ2n) is 15.5. The number of H-pyrrole nitrogens is 2. The zero-order chi connectivity index (χ0) is 52.3. The summed E-state index contributed by atoms with van der Waals surface area (Å²) in [6, 6.07) is 18.0. The molecule has 6 rings (SSSR count). The molecule has 6 aromatic rings. The summed E-state index contributed by atoms with van der Waals surface area (Å²) in [5.41, 5.74) is 8.55. The summed E-state index contributed by atoms with van der Waals surface area (Å²) >= 11 is 12.0. The number of carboxylic acids is 2. The van der Waals surface area contributed by atoms with Crippen LogP contribution in [0.3, 0.4) is 0 Å². The number of hydrogen-bond acceptors (Lipinski definition) is 13. The van der Waals surface area contributed by atoms with Crippen LogP contribution in [0.2, 0.25) is 10.0 Å². The molecule has 0 aliphatic heterocycles. The molecule has 72 heavy (non-hydrogen) atoms. The van der Waals surface area contributed by atoms with Crippen LogP contribution in [0.5, 0.6) is 0 Å². The fourth-order valence-corrected chi connectivity index (χ4v) is 7.25. The minimum absolute atomic E-state index is 0.0139. The number of aliphatic carboxylic acids is 2. The van der Waals surface area contributed by atoms with Crippen molar-refractivity contribution in [1.82, 2.24) is 57.4 Å². The number of hydrogen-bond donors (Lipinski definition) is 10. The molecule has 0 aliphatic carbocycles. The average Bonchev–Trinajstić information content (AvgIpc) is 4.12. The van der Waals surface area contributed by atoms with Gasteiger partial charge < -0.3 is 47.3 Å². The van der Waals surface area contributed by atoms with Crippen LogP contribution in [0.25, 0.3) is 22.3 Å². The molecule has 11 N–H and O–H groups in total. The van der Waals surface area contributed by atoms with Crippen LogP contribution in [-0.2, 0) is 36.8 Å². The maximum Gasteiger partial charge on any atom is 0.407 e. The molecule has 4 atom stereocenters. The Kier molecular flexibility index (Phi) is 20.2. The standard InChI is InChI=1S/C24H24ClFN6O6.C22H22ClFN6O4/c1-38-24(37)27-12-21(33)30-19(23(35)36)10-16(29-22(34)20-11-28-32-31-20)8-13-2-4-14(5-3-13)17-9-15(25)6-7-18(17)26;23-14-5-6-17(24)16(8-14)13-3-1-12(2-4-13)7-15(27-21(32)19-11-26-30-29-19)9-18(22(33)34)28-20(31)10-25/h2-7,9,11,16,19H,8,10,12H2,1H3,(H,27,37)(H,29,34)(H,30,33)(H,35,36)(H,28,31,32);1-6,8,11,15,18H,7,9-10,25H2,(H,27,32)(H,28,31)(H,33,34)(H,26,29,30)/t16-,19-;15-,18-/m11/s1. The Hall–Kier alpha value is -8.35. The monoisotopic (exact) mass is 1030 g/mol. The molecular formula is C46H46Cl2F2N12O10. The number of alkyl carbamates (subject to hydrolysis) is 1. The first-order chi connectivity index (χ1) is 34.4. The molecule has 26 heteroatoms. The highest BCUT2D eigenvalue weighted by Crippen LogP contribution is 2.28. The van der Waals surface area contributed by atoms with Crippen LogP contribution in [0.15, 0.2) is 97.3 Å². The van der Waals surface area contributed by atoms with Crippen molar-refractivity contribution in [3.8, 4) is 22.3 Å². The average molecular weight is 1040 g/mol. The van der Waals surface area contributed by atoms with Gasteiger partial charge in [0.05, 0.1) is 26.0 Å². The van der Waals surface area contributed by atoms with Crippen LogP contribution in [0.4, 0.5) is 13.6 Å². The van der Waals surface area contributed by atoms with E-state index >= 15 is 0 Å². The van der Waals surface area contributed by atoms with Crippen molar-refractivity contribution in [2.24, 2.45) is 5.73 Å². The van der Waals surface area contributed by atoms with E-state index in [1.54, 1.807) is 48.5 Å². The fourth-order valence-electron chi connectivity index (χ4n) is 6.91. The molecule has 0 spiro atoms. The minimum atomic E-state index is -1.40. The third-order valence-electron chi connectivity index (χ3n) is 10.4. The smallest absolute Gasteiger partial charge is 0.407 e. The van der Waals surface area contributed by atoms with E-state index in [4.69, 9.17) is 28.9 Å². The van der Waals surface area contributed by atoms with E-state index in [2.05, 4.69) is 62.1 Å². The first-order valence-electron chi connectivity index (χ1n) is 21.4. The van der Waals surface area contributed by atoms with Gasteiger partial charge in [-0.2, -0.15) is 30.8 Å². The van der Waals surface area contributed by atoms with Crippen molar-refractivity contribution in [3.63, 3.8) is 0 Å². The number of carbonyl (C=O) groups is 7. The number of rotatable bonds is 21. The molecule has 0 saturated heterocycles. The predicted molar refractivity (Wildman–Crippen MR) is 254 cm³/mol. The molecule has 2 heterocycles. The quantitative estimate of drug-likeness (QED) is 0.0494. The Morgan fingerprint density at radius 1 is 0.639 bits per heavy atom. The molecule has 0 radical (unpaired) electrons. The minimum Gasteiger partial charge on any atom is -0.480 e. The SMILES string of the molecule is COC(=O)NCC(=O)N[C@H](C[C@@H](Cc1ccc(-c2cc(Cl)ccc2F)cc1)NC(=O)c1cn[nH]n1)C(=O)O.NCC(=O)N[C@H](C[C@@H](Cc1ccc(-c2cc(Cl)ccc2F)cc1)NC(=O)c1cn[nH]n1)C(=O)O. The van der Waals surface area contributed by atoms with Gasteiger partial charge in [-0.1, -0.05) is 71.7 Å². The normalized spacial score (nSPS) is 12.4. The van der Waals surface area contributed by atoms with Crippen molar-refractivity contribution < 1.29 is 57.3 Å². The molecule has 378 valence electrons. The highest BCUT2D eigenvalue weighted by atomic mass is 35.5. The zero-order valence-electron chi connectivity index (χ0n) is 37.8. The molecule has 0 aliphatic rings. The summed E-state index contributed by atoms with van der Waals surface area (Å²) in [5, 5.41) is 51.5. The van der Waals surface area contributed by atoms with Crippen molar-refractivity contribution in [2.45, 2.75) is 49.9 Å². The highest BCUT2D eigenvalue weighted by Gasteiger charge is 2.28. The Labute approximate surface area is 417 Å². The van der Waals surface area contributed by atoms with E-state index in [0.29, 0.717) is 37.9 Å². The molecule has 5 amide bonds. The van der Waals surface area contributed by atoms with Crippen molar-refractivity contribution in [3.05, 3.63) is 142 Å². The summed E-state index contributed by atoms with van der Waals surface area (Å²) in [5.74, 6) is -6.05. The zero-order valence-corrected chi connectivity index (χ0v) is 39.3. The maximum absolute atomic E-state index is 14.2. The third kappa shape index (κ3) is 16.7. The van der Waals surface area contributed by atoms with Gasteiger partial charge >= 0.3 is 18.0 Å². The van der Waals surface area contributed by atoms with Crippen molar-refractivity contribution >= 4 is 64.9 Å². The molecule has 2 aromatic heterocycles. The van der Waals surface area contributed by atoms with Crippen LogP contribution in [0.1, 0.15) is 44.9 Å². The number of ether oxygens (including phenoxy) is 1. The lowest BCUT2D eigenvalue weighted by molar-refractivity contribution is -0.142. The van der Waals surface area contributed by atoms with Crippen LogP contribution in [0, 0.1) is 11.6 Å². The molecule has 0 unspecified atom stereocenters. The van der Waals surface area contributed by atoms with E-state index in [-0.39, 0.29) is 43.6 Å². The molecule has 0 fully saturated rings. The Balaban J connectivity index is 0.000000269. The lowest BCUT2D eigenvalue weighted by Gasteiger charge is -2.23. The van der Waals surface area contributed by atoms with Gasteiger partial charge in [-0.3, -0.25) is 19.2 Å². The number of aromatic nitrogens is 6. The van der Waals surface area contributed by atoms with Gasteiger partial charge in [-0.05, 0) is 84.3 Å². The predicted octanol–water partition coefficient (Wildman–Crippen LogP) is 3.44. The largest absolute Gasteiger partial charge is 0.480 e. The topological polar surface area (TPSA) is 338 Å². The van der Waals surface area contributed by atoms with Gasteiger partial charge in [-0.15, -0.1) is 0 Å². The van der Waals surface area contributed by atoms with Gasteiger partial charge in [0, 0.05) is 33.3 Å². The number of carboxylic acid groups (broad SMARTS) is 2. The van der Waals surface area contributed by atoms with Crippen molar-refractivity contribution in [1.29, 1.82) is 0 Å². The van der Waals surface area contributed by atoms with E-state index in [0.717, 1.165) is 12.7 Å². The number of nitrogens with zero attached hydrogens (tertiary/aromatic N) is 4. The third-order valence-corrected chi connectivity index (χ3v) is 10.9. The van der Waals surface area contributed by atoms with Gasteiger partial charge in [0.2, 0.25) is 11.8 Å². The van der Waals surface area contributed by atoms with E-state index < -0.39 is 84.0 Å². The van der Waals surface area contributed by atoms with Crippen LogP contribution >= 0.6 is 23.2 Å². The maximum atomic E-state index is 14.2. The van der Waals surface area contributed by atoms with Crippen molar-refractivity contribution in [2.75, 3.05) is 20.2 Å². The lowest BCUT2D eigenvalue weighted by atomic mass is 9.96. The number of amides is 5. The summed E-state index contributed by atoms with van der Waals surface area (Å²) in [6.07, 6.45) is 1.65. The van der Waals surface area contributed by atoms with Crippen LogP contribution in [-0.4, -0.2) is 127 Å². The number of nitrogens with two attached hydrogens (primary N) is 1. The number of benzene rings is 4. The second-order valence-corrected chi connectivity index (χ2v) is 16.4.